The number of amides is 2. The molecule has 2 fully saturated rings. The van der Waals surface area contributed by atoms with Gasteiger partial charge in [-0.2, -0.15) is 0 Å². The van der Waals surface area contributed by atoms with Crippen LogP contribution in [0.15, 0.2) is 42.5 Å². The molecule has 2 aromatic carbocycles. The second-order valence-electron chi connectivity index (χ2n) is 9.11. The average molecular weight is 481 g/mol. The fraction of sp³-hybridized carbons (Fsp3) is 0.444. The van der Waals surface area contributed by atoms with Crippen LogP contribution in [-0.2, 0) is 14.3 Å². The molecule has 1 saturated heterocycles. The SMILES string of the molecule is COC(=O)COc1ccc(NC(=O)C2CC3CCCCC3N2C(=O)c2ccccc2OC)c(C)c1. The Morgan fingerprint density at radius 2 is 1.83 bits per heavy atom. The Morgan fingerprint density at radius 1 is 1.06 bits per heavy atom. The van der Waals surface area contributed by atoms with E-state index in [1.165, 1.54) is 7.11 Å². The van der Waals surface area contributed by atoms with Crippen LogP contribution in [0.3, 0.4) is 0 Å². The highest BCUT2D eigenvalue weighted by atomic mass is 16.6. The van der Waals surface area contributed by atoms with Gasteiger partial charge in [-0.05, 0) is 68.0 Å². The zero-order chi connectivity index (χ0) is 24.9. The zero-order valence-electron chi connectivity index (χ0n) is 20.4. The number of rotatable bonds is 7. The Hall–Kier alpha value is -3.55. The van der Waals surface area contributed by atoms with Gasteiger partial charge < -0.3 is 24.4 Å². The van der Waals surface area contributed by atoms with Crippen molar-refractivity contribution in [3.8, 4) is 11.5 Å². The Balaban J connectivity index is 1.54. The molecular formula is C27H32N2O6. The van der Waals surface area contributed by atoms with Crippen molar-refractivity contribution >= 4 is 23.5 Å². The molecule has 3 unspecified atom stereocenters. The average Bonchev–Trinajstić information content (AvgIpc) is 3.28. The van der Waals surface area contributed by atoms with E-state index in [1.807, 2.05) is 19.1 Å². The normalized spacial score (nSPS) is 21.1. The third-order valence-electron chi connectivity index (χ3n) is 7.00. The van der Waals surface area contributed by atoms with Crippen molar-refractivity contribution in [2.45, 2.75) is 51.1 Å². The Kier molecular flexibility index (Phi) is 7.58. The fourth-order valence-corrected chi connectivity index (χ4v) is 5.23. The fourth-order valence-electron chi connectivity index (χ4n) is 5.23. The van der Waals surface area contributed by atoms with E-state index in [0.717, 1.165) is 31.2 Å². The van der Waals surface area contributed by atoms with Crippen molar-refractivity contribution < 1.29 is 28.6 Å². The molecule has 2 amide bonds. The molecule has 1 saturated carbocycles. The number of esters is 1. The minimum atomic E-state index is -0.560. The highest BCUT2D eigenvalue weighted by Gasteiger charge is 2.48. The summed E-state index contributed by atoms with van der Waals surface area (Å²) in [7, 11) is 2.85. The van der Waals surface area contributed by atoms with Crippen LogP contribution >= 0.6 is 0 Å². The van der Waals surface area contributed by atoms with Gasteiger partial charge in [0.1, 0.15) is 17.5 Å². The van der Waals surface area contributed by atoms with Crippen LogP contribution in [-0.4, -0.2) is 55.6 Å². The molecular weight excluding hydrogens is 448 g/mol. The van der Waals surface area contributed by atoms with Crippen LogP contribution in [0.5, 0.6) is 11.5 Å². The number of nitrogens with zero attached hydrogens (tertiary/aromatic N) is 1. The van der Waals surface area contributed by atoms with Crippen LogP contribution in [0.1, 0.15) is 48.0 Å². The molecule has 1 aliphatic carbocycles. The molecule has 2 aromatic rings. The number of likely N-dealkylation sites (tertiary alicyclic amines) is 1. The number of ether oxygens (including phenoxy) is 3. The summed E-state index contributed by atoms with van der Waals surface area (Å²) in [5.74, 6) is 0.491. The summed E-state index contributed by atoms with van der Waals surface area (Å²) in [4.78, 5) is 40.4. The molecule has 186 valence electrons. The van der Waals surface area contributed by atoms with Crippen LogP contribution in [0.25, 0.3) is 0 Å². The number of para-hydroxylation sites is 1. The number of hydrogen-bond acceptors (Lipinski definition) is 6. The third kappa shape index (κ3) is 5.26. The van der Waals surface area contributed by atoms with Gasteiger partial charge in [0, 0.05) is 11.7 Å². The minimum Gasteiger partial charge on any atom is -0.496 e. The molecule has 8 nitrogen and oxygen atoms in total. The maximum atomic E-state index is 13.7. The molecule has 0 aromatic heterocycles. The Labute approximate surface area is 205 Å². The monoisotopic (exact) mass is 480 g/mol. The zero-order valence-corrected chi connectivity index (χ0v) is 20.4. The van der Waals surface area contributed by atoms with Gasteiger partial charge >= 0.3 is 5.97 Å². The predicted molar refractivity (Wildman–Crippen MR) is 131 cm³/mol. The molecule has 0 bridgehead atoms. The topological polar surface area (TPSA) is 94.2 Å². The van der Waals surface area contributed by atoms with Crippen LogP contribution < -0.4 is 14.8 Å². The number of carbonyl (C=O) groups excluding carboxylic acids is 3. The summed E-state index contributed by atoms with van der Waals surface area (Å²) in [6.07, 6.45) is 4.75. The van der Waals surface area contributed by atoms with Crippen molar-refractivity contribution in [2.24, 2.45) is 5.92 Å². The molecule has 3 atom stereocenters. The smallest absolute Gasteiger partial charge is 0.343 e. The van der Waals surface area contributed by atoms with Crippen LogP contribution in [0.4, 0.5) is 5.69 Å². The summed E-state index contributed by atoms with van der Waals surface area (Å²) in [6, 6.07) is 11.8. The van der Waals surface area contributed by atoms with Gasteiger partial charge in [-0.1, -0.05) is 25.0 Å². The number of nitrogens with one attached hydrogen (secondary N) is 1. The molecule has 1 aliphatic heterocycles. The standard InChI is InChI=1S/C27H32N2O6/c1-17-14-19(35-16-25(30)34-3)12-13-21(17)28-26(31)23-15-18-8-4-6-10-22(18)29(23)27(32)20-9-5-7-11-24(20)33-2/h5,7,9,11-14,18,22-23H,4,6,8,10,15-16H2,1-3H3,(H,28,31). The molecule has 35 heavy (non-hydrogen) atoms. The quantitative estimate of drug-likeness (QED) is 0.603. The first kappa shape index (κ1) is 24.6. The maximum absolute atomic E-state index is 13.7. The Bertz CT molecular complexity index is 1100. The lowest BCUT2D eigenvalue weighted by Crippen LogP contribution is -2.48. The number of benzene rings is 2. The van der Waals surface area contributed by atoms with Gasteiger partial charge in [0.05, 0.1) is 19.8 Å². The molecule has 2 aliphatic rings. The van der Waals surface area contributed by atoms with Crippen molar-refractivity contribution in [3.05, 3.63) is 53.6 Å². The molecule has 1 N–H and O–H groups in total. The lowest BCUT2D eigenvalue weighted by molar-refractivity contribution is -0.142. The predicted octanol–water partition coefficient (Wildman–Crippen LogP) is 3.97. The number of hydrogen-bond donors (Lipinski definition) is 1. The van der Waals surface area contributed by atoms with E-state index in [2.05, 4.69) is 10.1 Å². The van der Waals surface area contributed by atoms with Crippen molar-refractivity contribution in [1.82, 2.24) is 4.90 Å². The molecule has 4 rings (SSSR count). The third-order valence-corrected chi connectivity index (χ3v) is 7.00. The van der Waals surface area contributed by atoms with Crippen LogP contribution in [0, 0.1) is 12.8 Å². The first-order chi connectivity index (χ1) is 16.9. The number of methoxy groups -OCH3 is 2. The summed E-state index contributed by atoms with van der Waals surface area (Å²) in [6.45, 7) is 1.67. The lowest BCUT2D eigenvalue weighted by Gasteiger charge is -2.34. The van der Waals surface area contributed by atoms with E-state index in [4.69, 9.17) is 9.47 Å². The van der Waals surface area contributed by atoms with E-state index in [0.29, 0.717) is 35.1 Å². The van der Waals surface area contributed by atoms with Crippen molar-refractivity contribution in [1.29, 1.82) is 0 Å². The number of aryl methyl sites for hydroxylation is 1. The highest BCUT2D eigenvalue weighted by molar-refractivity contribution is 6.03. The van der Waals surface area contributed by atoms with E-state index in [1.54, 1.807) is 42.3 Å². The molecule has 0 spiro atoms. The number of fused-ring (bicyclic) bond motifs is 1. The maximum Gasteiger partial charge on any atom is 0.343 e. The highest BCUT2D eigenvalue weighted by Crippen LogP contribution is 2.41. The minimum absolute atomic E-state index is 0.0482. The first-order valence-corrected chi connectivity index (χ1v) is 12.0. The van der Waals surface area contributed by atoms with Gasteiger partial charge in [0.2, 0.25) is 5.91 Å². The number of anilines is 1. The van der Waals surface area contributed by atoms with Gasteiger partial charge in [0.25, 0.3) is 5.91 Å². The summed E-state index contributed by atoms with van der Waals surface area (Å²) in [5, 5.41) is 3.02. The van der Waals surface area contributed by atoms with Crippen molar-refractivity contribution in [3.63, 3.8) is 0 Å². The lowest BCUT2D eigenvalue weighted by atomic mass is 9.84. The van der Waals surface area contributed by atoms with Crippen LogP contribution in [0.2, 0.25) is 0 Å². The summed E-state index contributed by atoms with van der Waals surface area (Å²) < 4.78 is 15.5. The largest absolute Gasteiger partial charge is 0.496 e. The van der Waals surface area contributed by atoms with E-state index < -0.39 is 12.0 Å². The Morgan fingerprint density at radius 3 is 2.57 bits per heavy atom. The van der Waals surface area contributed by atoms with Gasteiger partial charge in [-0.3, -0.25) is 9.59 Å². The van der Waals surface area contributed by atoms with E-state index in [-0.39, 0.29) is 24.5 Å². The first-order valence-electron chi connectivity index (χ1n) is 12.0. The van der Waals surface area contributed by atoms with E-state index >= 15 is 0 Å². The van der Waals surface area contributed by atoms with Gasteiger partial charge in [0.15, 0.2) is 6.61 Å². The van der Waals surface area contributed by atoms with Gasteiger partial charge in [-0.25, -0.2) is 4.79 Å². The van der Waals surface area contributed by atoms with E-state index in [9.17, 15) is 14.4 Å². The second-order valence-corrected chi connectivity index (χ2v) is 9.11. The summed E-state index contributed by atoms with van der Waals surface area (Å²) >= 11 is 0. The van der Waals surface area contributed by atoms with Gasteiger partial charge in [-0.15, -0.1) is 0 Å². The summed E-state index contributed by atoms with van der Waals surface area (Å²) in [5.41, 5.74) is 1.90. The molecule has 0 radical (unpaired) electrons. The second kappa shape index (κ2) is 10.8. The molecule has 8 heteroatoms. The van der Waals surface area contributed by atoms with Crippen molar-refractivity contribution in [2.75, 3.05) is 26.1 Å². The molecule has 1 heterocycles. The number of carbonyl (C=O) groups is 3.